The van der Waals surface area contributed by atoms with Crippen LogP contribution in [0.1, 0.15) is 71.2 Å². The van der Waals surface area contributed by atoms with E-state index in [0.717, 1.165) is 17.0 Å². The minimum Gasteiger partial charge on any atom is -0.496 e. The number of carbonyl (C=O) groups excluding carboxylic acids is 1. The van der Waals surface area contributed by atoms with Gasteiger partial charge >= 0.3 is 18.2 Å². The first-order chi connectivity index (χ1) is 19.5. The lowest BCUT2D eigenvalue weighted by Crippen LogP contribution is -2.47. The number of pyridine rings is 1. The molecular weight excluding hydrogens is 557 g/mol. The monoisotopic (exact) mass is 596 g/mol. The predicted octanol–water partition coefficient (Wildman–Crippen LogP) is 6.50. The third kappa shape index (κ3) is 7.26. The molecule has 1 aliphatic heterocycles. The fraction of sp³-hybridized carbons (Fsp3) is 0.567. The van der Waals surface area contributed by atoms with Gasteiger partial charge in [0.25, 0.3) is 0 Å². The number of nitrogens with zero attached hydrogens (tertiary/aromatic N) is 2. The molecule has 1 N–H and O–H groups in total. The fourth-order valence-electron chi connectivity index (χ4n) is 5.33. The molecule has 0 aliphatic carbocycles. The second-order valence-electron chi connectivity index (χ2n) is 11.8. The Labute approximate surface area is 243 Å². The van der Waals surface area contributed by atoms with Gasteiger partial charge in [0.1, 0.15) is 11.8 Å². The molecule has 0 spiro atoms. The summed E-state index contributed by atoms with van der Waals surface area (Å²) in [5, 5.41) is 10.5. The number of halogens is 3. The first-order valence-corrected chi connectivity index (χ1v) is 13.7. The van der Waals surface area contributed by atoms with Crippen molar-refractivity contribution in [2.75, 3.05) is 7.11 Å². The number of hydrogen-bond acceptors (Lipinski definition) is 7. The van der Waals surface area contributed by atoms with Crippen molar-refractivity contribution in [1.82, 2.24) is 9.88 Å². The molecule has 12 heteroatoms. The lowest BCUT2D eigenvalue weighted by Gasteiger charge is -2.35. The van der Waals surface area contributed by atoms with Crippen molar-refractivity contribution in [3.05, 3.63) is 53.2 Å². The molecule has 0 bridgehead atoms. The Morgan fingerprint density at radius 3 is 2.26 bits per heavy atom. The second-order valence-corrected chi connectivity index (χ2v) is 11.8. The van der Waals surface area contributed by atoms with Crippen LogP contribution in [0.25, 0.3) is 0 Å². The molecule has 1 saturated heterocycles. The topological polar surface area (TPSA) is 107 Å². The molecule has 2 heterocycles. The Bertz CT molecular complexity index is 1260. The summed E-state index contributed by atoms with van der Waals surface area (Å²) in [6, 6.07) is 3.87. The number of carboxylic acid groups (broad SMARTS) is 1. The van der Waals surface area contributed by atoms with Crippen molar-refractivity contribution in [3.63, 3.8) is 0 Å². The average molecular weight is 597 g/mol. The minimum atomic E-state index is -4.60. The van der Waals surface area contributed by atoms with E-state index in [9.17, 15) is 27.9 Å². The summed E-state index contributed by atoms with van der Waals surface area (Å²) in [5.74, 6) is -1.77. The normalized spacial score (nSPS) is 21.1. The Balaban J connectivity index is 2.24. The second kappa shape index (κ2) is 12.8. The summed E-state index contributed by atoms with van der Waals surface area (Å²) in [7, 11) is 1.33. The number of carbonyl (C=O) groups is 2. The van der Waals surface area contributed by atoms with Crippen molar-refractivity contribution in [3.8, 4) is 11.6 Å². The smallest absolute Gasteiger partial charge is 0.416 e. The number of methoxy groups -OCH3 is 1. The van der Waals surface area contributed by atoms with Crippen LogP contribution >= 0.6 is 0 Å². The van der Waals surface area contributed by atoms with Crippen molar-refractivity contribution < 1.29 is 46.8 Å². The van der Waals surface area contributed by atoms with E-state index in [1.165, 1.54) is 19.4 Å². The number of alkyl halides is 3. The standard InChI is InChI=1S/C30H39F3N2O7/c1-16(2)41-26-20(10-9-13-34-26)23-25(40-15-18-14-19(30(31,32)33)11-12-21(18)39-8)22(29(5,6)7)24(27(36)37)35(23)28(38)42-17(3)4/h9-14,16-17,22-25H,15H2,1-8H3,(H,36,37)/t22-,23+,24+,25-/m1/s1. The van der Waals surface area contributed by atoms with E-state index in [1.54, 1.807) is 39.8 Å². The molecule has 3 rings (SSSR count). The SMILES string of the molecule is COc1ccc(C(F)(F)F)cc1CO[C@@H]1[C@H](C(C)(C)C)[C@@H](C(=O)O)N(C(=O)OC(C)C)[C@H]1c1cccnc1OC(C)C. The van der Waals surface area contributed by atoms with Gasteiger partial charge in [-0.15, -0.1) is 0 Å². The van der Waals surface area contributed by atoms with Gasteiger partial charge in [0, 0.05) is 23.2 Å². The fourth-order valence-corrected chi connectivity index (χ4v) is 5.33. The van der Waals surface area contributed by atoms with E-state index in [0.29, 0.717) is 5.56 Å². The van der Waals surface area contributed by atoms with Crippen LogP contribution < -0.4 is 9.47 Å². The third-order valence-corrected chi connectivity index (χ3v) is 6.91. The largest absolute Gasteiger partial charge is 0.496 e. The Morgan fingerprint density at radius 1 is 1.07 bits per heavy atom. The molecule has 232 valence electrons. The van der Waals surface area contributed by atoms with Crippen LogP contribution in [0.3, 0.4) is 0 Å². The van der Waals surface area contributed by atoms with Gasteiger partial charge < -0.3 is 24.1 Å². The van der Waals surface area contributed by atoms with Gasteiger partial charge in [-0.2, -0.15) is 13.2 Å². The van der Waals surface area contributed by atoms with Gasteiger partial charge in [-0.3, -0.25) is 4.90 Å². The molecule has 2 aromatic rings. The summed E-state index contributed by atoms with van der Waals surface area (Å²) in [4.78, 5) is 32.0. The number of aromatic nitrogens is 1. The zero-order chi connectivity index (χ0) is 31.6. The maximum absolute atomic E-state index is 13.6. The summed E-state index contributed by atoms with van der Waals surface area (Å²) < 4.78 is 63.8. The van der Waals surface area contributed by atoms with Crippen molar-refractivity contribution in [1.29, 1.82) is 0 Å². The molecule has 9 nitrogen and oxygen atoms in total. The maximum atomic E-state index is 13.6. The molecule has 0 unspecified atom stereocenters. The van der Waals surface area contributed by atoms with Crippen LogP contribution in [-0.2, 0) is 27.1 Å². The molecule has 1 aromatic heterocycles. The van der Waals surface area contributed by atoms with E-state index in [4.69, 9.17) is 18.9 Å². The number of amides is 1. The molecule has 1 amide bonds. The highest BCUT2D eigenvalue weighted by molar-refractivity contribution is 5.82. The molecule has 4 atom stereocenters. The molecule has 1 fully saturated rings. The van der Waals surface area contributed by atoms with Gasteiger partial charge in [-0.1, -0.05) is 20.8 Å². The number of aliphatic carboxylic acids is 1. The van der Waals surface area contributed by atoms with E-state index in [2.05, 4.69) is 4.98 Å². The van der Waals surface area contributed by atoms with E-state index in [-0.39, 0.29) is 29.9 Å². The highest BCUT2D eigenvalue weighted by Crippen LogP contribution is 2.51. The van der Waals surface area contributed by atoms with E-state index < -0.39 is 59.4 Å². The lowest BCUT2D eigenvalue weighted by atomic mass is 9.73. The summed E-state index contributed by atoms with van der Waals surface area (Å²) in [5.41, 5.74) is -1.15. The quantitative estimate of drug-likeness (QED) is 0.350. The van der Waals surface area contributed by atoms with Gasteiger partial charge in [0.15, 0.2) is 0 Å². The predicted molar refractivity (Wildman–Crippen MR) is 147 cm³/mol. The molecule has 1 aromatic carbocycles. The van der Waals surface area contributed by atoms with Crippen LogP contribution in [0.4, 0.5) is 18.0 Å². The number of hydrogen-bond donors (Lipinski definition) is 1. The summed E-state index contributed by atoms with van der Waals surface area (Å²) in [6.45, 7) is 12.0. The highest BCUT2D eigenvalue weighted by Gasteiger charge is 2.60. The Kier molecular flexibility index (Phi) is 10.0. The van der Waals surface area contributed by atoms with Crippen LogP contribution in [0.2, 0.25) is 0 Å². The zero-order valence-corrected chi connectivity index (χ0v) is 25.1. The van der Waals surface area contributed by atoms with Crippen LogP contribution in [-0.4, -0.2) is 58.5 Å². The van der Waals surface area contributed by atoms with Gasteiger partial charge in [0.05, 0.1) is 43.6 Å². The minimum absolute atomic E-state index is 0.110. The zero-order valence-electron chi connectivity index (χ0n) is 25.1. The molecular formula is C30H39F3N2O7. The van der Waals surface area contributed by atoms with Crippen molar-refractivity contribution >= 4 is 12.1 Å². The Hall–Kier alpha value is -3.54. The molecule has 0 radical (unpaired) electrons. The van der Waals surface area contributed by atoms with E-state index in [1.807, 2.05) is 20.8 Å². The summed E-state index contributed by atoms with van der Waals surface area (Å²) in [6.07, 6.45) is -5.86. The van der Waals surface area contributed by atoms with Crippen molar-refractivity contribution in [2.45, 2.75) is 91.6 Å². The first kappa shape index (κ1) is 33.0. The number of likely N-dealkylation sites (tertiary alicyclic amines) is 1. The van der Waals surface area contributed by atoms with Crippen molar-refractivity contribution in [2.24, 2.45) is 11.3 Å². The van der Waals surface area contributed by atoms with E-state index >= 15 is 0 Å². The molecule has 0 saturated carbocycles. The number of rotatable bonds is 9. The highest BCUT2D eigenvalue weighted by atomic mass is 19.4. The average Bonchev–Trinajstić information content (AvgIpc) is 3.22. The number of carboxylic acids is 1. The lowest BCUT2D eigenvalue weighted by molar-refractivity contribution is -0.145. The molecule has 42 heavy (non-hydrogen) atoms. The summed E-state index contributed by atoms with van der Waals surface area (Å²) >= 11 is 0. The van der Waals surface area contributed by atoms with Crippen LogP contribution in [0.15, 0.2) is 36.5 Å². The Morgan fingerprint density at radius 2 is 1.74 bits per heavy atom. The van der Waals surface area contributed by atoms with Crippen LogP contribution in [0.5, 0.6) is 11.6 Å². The van der Waals surface area contributed by atoms with Gasteiger partial charge in [0.2, 0.25) is 5.88 Å². The molecule has 1 aliphatic rings. The first-order valence-electron chi connectivity index (χ1n) is 13.7. The third-order valence-electron chi connectivity index (χ3n) is 6.91. The van der Waals surface area contributed by atoms with Gasteiger partial charge in [-0.05, 0) is 63.4 Å². The van der Waals surface area contributed by atoms with Crippen LogP contribution in [0, 0.1) is 11.3 Å². The number of benzene rings is 1. The maximum Gasteiger partial charge on any atom is 0.416 e. The number of ether oxygens (including phenoxy) is 4. The van der Waals surface area contributed by atoms with Gasteiger partial charge in [-0.25, -0.2) is 14.6 Å².